The lowest BCUT2D eigenvalue weighted by Crippen LogP contribution is -2.18. The van der Waals surface area contributed by atoms with Crippen molar-refractivity contribution in [1.29, 1.82) is 0 Å². The number of rotatable bonds is 9. The van der Waals surface area contributed by atoms with Crippen LogP contribution < -0.4 is 20.5 Å². The predicted molar refractivity (Wildman–Crippen MR) is 119 cm³/mol. The molecule has 30 heavy (non-hydrogen) atoms. The topological polar surface area (TPSA) is 90.7 Å². The number of benzene rings is 2. The zero-order valence-electron chi connectivity index (χ0n) is 16.9. The molecule has 156 valence electrons. The highest BCUT2D eigenvalue weighted by Crippen LogP contribution is 2.33. The number of thiophene rings is 1. The van der Waals surface area contributed by atoms with E-state index in [1.165, 1.54) is 11.3 Å². The molecule has 7 heteroatoms. The number of carbonyl (C=O) groups is 2. The second kappa shape index (κ2) is 9.93. The van der Waals surface area contributed by atoms with Crippen LogP contribution in [0, 0.1) is 6.92 Å². The normalized spacial score (nSPS) is 10.5. The number of amides is 2. The Bertz CT molecular complexity index is 1010. The van der Waals surface area contributed by atoms with Gasteiger partial charge in [-0.25, -0.2) is 0 Å². The Morgan fingerprint density at radius 1 is 0.967 bits per heavy atom. The van der Waals surface area contributed by atoms with Gasteiger partial charge in [-0.3, -0.25) is 9.59 Å². The zero-order chi connectivity index (χ0) is 21.5. The van der Waals surface area contributed by atoms with E-state index in [0.717, 1.165) is 16.2 Å². The maximum Gasteiger partial charge on any atom is 0.256 e. The van der Waals surface area contributed by atoms with Gasteiger partial charge < -0.3 is 20.5 Å². The number of nitrogens with two attached hydrogens (primary N) is 1. The van der Waals surface area contributed by atoms with Crippen LogP contribution in [0.25, 0.3) is 0 Å². The summed E-state index contributed by atoms with van der Waals surface area (Å²) >= 11 is 1.36. The van der Waals surface area contributed by atoms with Crippen LogP contribution in [0.2, 0.25) is 0 Å². The summed E-state index contributed by atoms with van der Waals surface area (Å²) in [4.78, 5) is 25.4. The third-order valence-corrected chi connectivity index (χ3v) is 5.58. The number of anilines is 1. The molecular formula is C23H24N2O4S. The van der Waals surface area contributed by atoms with E-state index in [9.17, 15) is 9.59 Å². The molecule has 0 unspecified atom stereocenters. The van der Waals surface area contributed by atoms with E-state index >= 15 is 0 Å². The third kappa shape index (κ3) is 5.18. The third-order valence-electron chi connectivity index (χ3n) is 4.52. The van der Waals surface area contributed by atoms with Crippen LogP contribution in [-0.4, -0.2) is 25.0 Å². The number of primary amides is 1. The van der Waals surface area contributed by atoms with Crippen molar-refractivity contribution < 1.29 is 19.1 Å². The minimum absolute atomic E-state index is 0.305. The van der Waals surface area contributed by atoms with Gasteiger partial charge in [0.2, 0.25) is 0 Å². The van der Waals surface area contributed by atoms with Gasteiger partial charge in [0.05, 0.1) is 5.56 Å². The molecule has 0 aliphatic heterocycles. The van der Waals surface area contributed by atoms with Gasteiger partial charge in [0.15, 0.2) is 0 Å². The minimum Gasteiger partial charge on any atom is -0.490 e. The molecule has 2 amide bonds. The number of carbonyl (C=O) groups excluding carboxylic acids is 2. The van der Waals surface area contributed by atoms with Crippen molar-refractivity contribution in [1.82, 2.24) is 0 Å². The monoisotopic (exact) mass is 424 g/mol. The summed E-state index contributed by atoms with van der Waals surface area (Å²) in [6, 6.07) is 16.3. The summed E-state index contributed by atoms with van der Waals surface area (Å²) in [6.45, 7) is 4.67. The summed E-state index contributed by atoms with van der Waals surface area (Å²) in [5, 5.41) is 3.30. The van der Waals surface area contributed by atoms with E-state index < -0.39 is 5.91 Å². The molecule has 1 heterocycles. The standard InChI is InChI=1S/C23H24N2O4S/c1-3-19-15(2)30-23(20(19)21(24)26)25-22(27)16-9-11-18(12-10-16)29-14-13-28-17-7-5-4-6-8-17/h4-12H,3,13-14H2,1-2H3,(H2,24,26)(H,25,27). The van der Waals surface area contributed by atoms with Crippen molar-refractivity contribution in [3.8, 4) is 11.5 Å². The maximum absolute atomic E-state index is 12.6. The molecule has 0 saturated carbocycles. The van der Waals surface area contributed by atoms with E-state index in [1.54, 1.807) is 24.3 Å². The number of hydrogen-bond acceptors (Lipinski definition) is 5. The van der Waals surface area contributed by atoms with Crippen LogP contribution in [0.5, 0.6) is 11.5 Å². The molecule has 6 nitrogen and oxygen atoms in total. The molecule has 2 aromatic carbocycles. The Morgan fingerprint density at radius 2 is 1.57 bits per heavy atom. The lowest BCUT2D eigenvalue weighted by atomic mass is 10.1. The molecule has 0 aliphatic carbocycles. The van der Waals surface area contributed by atoms with E-state index in [0.29, 0.717) is 41.5 Å². The zero-order valence-corrected chi connectivity index (χ0v) is 17.8. The quantitative estimate of drug-likeness (QED) is 0.497. The lowest BCUT2D eigenvalue weighted by molar-refractivity contribution is 0.100. The Kier molecular flexibility index (Phi) is 7.08. The molecule has 0 atom stereocenters. The molecule has 0 aliphatic rings. The SMILES string of the molecule is CCc1c(C)sc(NC(=O)c2ccc(OCCOc3ccccc3)cc2)c1C(N)=O. The van der Waals surface area contributed by atoms with Gasteiger partial charge in [-0.2, -0.15) is 0 Å². The van der Waals surface area contributed by atoms with Crippen molar-refractivity contribution in [2.75, 3.05) is 18.5 Å². The van der Waals surface area contributed by atoms with E-state index in [2.05, 4.69) is 5.32 Å². The molecule has 3 N–H and O–H groups in total. The summed E-state index contributed by atoms with van der Waals surface area (Å²) < 4.78 is 11.2. The Morgan fingerprint density at radius 3 is 2.13 bits per heavy atom. The highest BCUT2D eigenvalue weighted by molar-refractivity contribution is 7.16. The van der Waals surface area contributed by atoms with E-state index in [4.69, 9.17) is 15.2 Å². The molecule has 3 rings (SSSR count). The van der Waals surface area contributed by atoms with Gasteiger partial charge in [-0.15, -0.1) is 11.3 Å². The smallest absolute Gasteiger partial charge is 0.256 e. The van der Waals surface area contributed by atoms with Crippen molar-refractivity contribution in [2.24, 2.45) is 5.73 Å². The van der Waals surface area contributed by atoms with Crippen LogP contribution in [0.15, 0.2) is 54.6 Å². The average molecular weight is 425 g/mol. The van der Waals surface area contributed by atoms with Crippen molar-refractivity contribution in [2.45, 2.75) is 20.3 Å². The van der Waals surface area contributed by atoms with E-state index in [-0.39, 0.29) is 5.91 Å². The van der Waals surface area contributed by atoms with Crippen LogP contribution in [0.4, 0.5) is 5.00 Å². The van der Waals surface area contributed by atoms with Crippen LogP contribution in [0.1, 0.15) is 38.1 Å². The van der Waals surface area contributed by atoms with Gasteiger partial charge in [0, 0.05) is 10.4 Å². The van der Waals surface area contributed by atoms with Gasteiger partial charge >= 0.3 is 0 Å². The molecule has 0 fully saturated rings. The van der Waals surface area contributed by atoms with Crippen LogP contribution in [0.3, 0.4) is 0 Å². The first-order chi connectivity index (χ1) is 14.5. The Balaban J connectivity index is 1.57. The highest BCUT2D eigenvalue weighted by atomic mass is 32.1. The number of nitrogens with one attached hydrogen (secondary N) is 1. The minimum atomic E-state index is -0.534. The lowest BCUT2D eigenvalue weighted by Gasteiger charge is -2.09. The molecular weight excluding hydrogens is 400 g/mol. The molecule has 0 bridgehead atoms. The highest BCUT2D eigenvalue weighted by Gasteiger charge is 2.20. The summed E-state index contributed by atoms with van der Waals surface area (Å²) in [5.74, 6) is 0.591. The molecule has 1 aromatic heterocycles. The van der Waals surface area contributed by atoms with Crippen LogP contribution >= 0.6 is 11.3 Å². The average Bonchev–Trinajstić information content (AvgIpc) is 3.07. The summed E-state index contributed by atoms with van der Waals surface area (Å²) in [6.07, 6.45) is 0.677. The van der Waals surface area contributed by atoms with Crippen molar-refractivity contribution >= 4 is 28.2 Å². The fourth-order valence-corrected chi connectivity index (χ4v) is 4.21. The fraction of sp³-hybridized carbons (Fsp3) is 0.217. The van der Waals surface area contributed by atoms with Crippen LogP contribution in [-0.2, 0) is 6.42 Å². The maximum atomic E-state index is 12.6. The summed E-state index contributed by atoms with van der Waals surface area (Å²) in [7, 11) is 0. The van der Waals surface area contributed by atoms with Crippen molar-refractivity contribution in [3.63, 3.8) is 0 Å². The number of ether oxygens (including phenoxy) is 2. The first-order valence-electron chi connectivity index (χ1n) is 9.63. The molecule has 3 aromatic rings. The van der Waals surface area contributed by atoms with Gasteiger partial charge in [-0.1, -0.05) is 25.1 Å². The molecule has 0 saturated heterocycles. The van der Waals surface area contributed by atoms with Crippen molar-refractivity contribution in [3.05, 3.63) is 76.2 Å². The fourth-order valence-electron chi connectivity index (χ4n) is 3.07. The second-order valence-corrected chi connectivity index (χ2v) is 7.77. The first-order valence-corrected chi connectivity index (χ1v) is 10.4. The second-order valence-electron chi connectivity index (χ2n) is 6.55. The predicted octanol–water partition coefficient (Wildman–Crippen LogP) is 4.43. The largest absolute Gasteiger partial charge is 0.490 e. The summed E-state index contributed by atoms with van der Waals surface area (Å²) in [5.41, 5.74) is 7.26. The molecule has 0 spiro atoms. The van der Waals surface area contributed by atoms with Gasteiger partial charge in [0.25, 0.3) is 11.8 Å². The number of hydrogen-bond donors (Lipinski definition) is 2. The molecule has 0 radical (unpaired) electrons. The number of para-hydroxylation sites is 1. The van der Waals surface area contributed by atoms with E-state index in [1.807, 2.05) is 44.2 Å². The first kappa shape index (κ1) is 21.4. The Labute approximate surface area is 179 Å². The number of aryl methyl sites for hydroxylation is 1. The van der Waals surface area contributed by atoms with Gasteiger partial charge in [0.1, 0.15) is 29.7 Å². The van der Waals surface area contributed by atoms with Gasteiger partial charge in [-0.05, 0) is 55.3 Å². The Hall–Kier alpha value is -3.32.